The van der Waals surface area contributed by atoms with Gasteiger partial charge in [0, 0.05) is 6.42 Å². The number of aliphatic hydroxyl groups excluding tert-OH is 2. The van der Waals surface area contributed by atoms with Gasteiger partial charge in [-0.1, -0.05) is 0 Å². The molecule has 18 heavy (non-hydrogen) atoms. The van der Waals surface area contributed by atoms with Gasteiger partial charge in [-0.3, -0.25) is 4.57 Å². The van der Waals surface area contributed by atoms with E-state index in [1.54, 1.807) is 10.9 Å². The molecule has 1 aliphatic rings. The molecule has 96 valence electrons. The zero-order chi connectivity index (χ0) is 12.7. The molecule has 0 aliphatic carbocycles. The van der Waals surface area contributed by atoms with Crippen LogP contribution in [0, 0.1) is 0 Å². The van der Waals surface area contributed by atoms with Crippen molar-refractivity contribution < 1.29 is 14.9 Å². The minimum Gasteiger partial charge on any atom is -0.394 e. The summed E-state index contributed by atoms with van der Waals surface area (Å²) < 4.78 is 7.23. The molecule has 0 spiro atoms. The van der Waals surface area contributed by atoms with Crippen molar-refractivity contribution in [3.8, 4) is 0 Å². The Labute approximate surface area is 102 Å². The molecule has 2 aromatic rings. The van der Waals surface area contributed by atoms with Crippen molar-refractivity contribution in [2.45, 2.75) is 24.9 Å². The van der Waals surface area contributed by atoms with E-state index in [4.69, 9.17) is 15.6 Å². The summed E-state index contributed by atoms with van der Waals surface area (Å²) in [5.41, 5.74) is 6.85. The summed E-state index contributed by atoms with van der Waals surface area (Å²) in [5.74, 6) is 0.308. The number of hydrogen-bond donors (Lipinski definition) is 3. The summed E-state index contributed by atoms with van der Waals surface area (Å²) in [6.45, 7) is -0.226. The van der Waals surface area contributed by atoms with E-state index in [9.17, 15) is 5.11 Å². The summed E-state index contributed by atoms with van der Waals surface area (Å²) in [4.78, 5) is 12.0. The molecule has 2 aromatic heterocycles. The predicted octanol–water partition coefficient (Wildman–Crippen LogP) is -0.951. The van der Waals surface area contributed by atoms with E-state index in [0.717, 1.165) is 0 Å². The van der Waals surface area contributed by atoms with Crippen LogP contribution in [-0.4, -0.2) is 48.5 Å². The Balaban J connectivity index is 2.01. The Morgan fingerprint density at radius 1 is 1.44 bits per heavy atom. The highest BCUT2D eigenvalue weighted by Gasteiger charge is 2.35. The van der Waals surface area contributed by atoms with Gasteiger partial charge in [0.2, 0.25) is 0 Å². The summed E-state index contributed by atoms with van der Waals surface area (Å²) in [5, 5.41) is 18.8. The van der Waals surface area contributed by atoms with Crippen LogP contribution in [0.2, 0.25) is 0 Å². The molecule has 1 fully saturated rings. The number of nitrogens with zero attached hydrogens (tertiary/aromatic N) is 4. The zero-order valence-electron chi connectivity index (χ0n) is 9.47. The van der Waals surface area contributed by atoms with Crippen LogP contribution in [0.15, 0.2) is 12.7 Å². The van der Waals surface area contributed by atoms with Gasteiger partial charge in [-0.25, -0.2) is 15.0 Å². The normalized spacial score (nSPS) is 28.0. The van der Waals surface area contributed by atoms with E-state index in [-0.39, 0.29) is 6.61 Å². The van der Waals surface area contributed by atoms with Gasteiger partial charge >= 0.3 is 0 Å². The van der Waals surface area contributed by atoms with E-state index >= 15 is 0 Å². The lowest BCUT2D eigenvalue weighted by Gasteiger charge is -2.14. The second-order valence-electron chi connectivity index (χ2n) is 4.20. The van der Waals surface area contributed by atoms with Gasteiger partial charge in [-0.2, -0.15) is 0 Å². The Morgan fingerprint density at radius 3 is 3.00 bits per heavy atom. The Hall–Kier alpha value is -1.77. The summed E-state index contributed by atoms with van der Waals surface area (Å²) in [7, 11) is 0. The number of aromatic nitrogens is 4. The molecule has 1 saturated heterocycles. The molecule has 0 aromatic carbocycles. The maximum Gasteiger partial charge on any atom is 0.183 e. The maximum absolute atomic E-state index is 9.72. The number of rotatable bonds is 2. The first-order valence-corrected chi connectivity index (χ1v) is 5.58. The average Bonchev–Trinajstić information content (AvgIpc) is 2.93. The molecule has 0 amide bonds. The van der Waals surface area contributed by atoms with Crippen LogP contribution >= 0.6 is 0 Å². The second kappa shape index (κ2) is 4.16. The van der Waals surface area contributed by atoms with Crippen molar-refractivity contribution in [3.63, 3.8) is 0 Å². The number of aliphatic hydroxyl groups is 2. The van der Waals surface area contributed by atoms with Crippen LogP contribution in [-0.2, 0) is 4.74 Å². The number of hydrogen-bond acceptors (Lipinski definition) is 7. The predicted molar refractivity (Wildman–Crippen MR) is 61.4 cm³/mol. The number of nitrogen functional groups attached to an aromatic ring is 1. The van der Waals surface area contributed by atoms with Crippen LogP contribution in [0.25, 0.3) is 11.2 Å². The molecule has 0 unspecified atom stereocenters. The minimum absolute atomic E-state index is 0.226. The van der Waals surface area contributed by atoms with E-state index in [2.05, 4.69) is 15.0 Å². The van der Waals surface area contributed by atoms with Crippen molar-refractivity contribution in [1.82, 2.24) is 19.5 Å². The standard InChI is InChI=1S/C10H13N5O3/c11-9-8-10(13-3-12-9)14-4-15(8)7-1-5(17)6(2-16)18-7/h3-7,16-17H,1-2H2,(H2,11,12,13)/t5-,6+,7+/m0/s1. The van der Waals surface area contributed by atoms with Gasteiger partial charge in [0.25, 0.3) is 0 Å². The average molecular weight is 251 g/mol. The van der Waals surface area contributed by atoms with Crippen molar-refractivity contribution in [2.75, 3.05) is 12.3 Å². The molecule has 8 nitrogen and oxygen atoms in total. The molecule has 1 aliphatic heterocycles. The third-order valence-corrected chi connectivity index (χ3v) is 3.09. The van der Waals surface area contributed by atoms with Gasteiger partial charge < -0.3 is 20.7 Å². The lowest BCUT2D eigenvalue weighted by atomic mass is 10.2. The van der Waals surface area contributed by atoms with Crippen molar-refractivity contribution in [1.29, 1.82) is 0 Å². The highest BCUT2D eigenvalue weighted by atomic mass is 16.5. The fraction of sp³-hybridized carbons (Fsp3) is 0.500. The lowest BCUT2D eigenvalue weighted by molar-refractivity contribution is -0.0430. The van der Waals surface area contributed by atoms with Crippen LogP contribution in [0.3, 0.4) is 0 Å². The number of ether oxygens (including phenoxy) is 1. The molecular weight excluding hydrogens is 238 g/mol. The van der Waals surface area contributed by atoms with Crippen molar-refractivity contribution in [3.05, 3.63) is 12.7 Å². The number of fused-ring (bicyclic) bond motifs is 1. The number of imidazole rings is 1. The summed E-state index contributed by atoms with van der Waals surface area (Å²) >= 11 is 0. The van der Waals surface area contributed by atoms with E-state index in [0.29, 0.717) is 23.4 Å². The van der Waals surface area contributed by atoms with Crippen LogP contribution in [0.5, 0.6) is 0 Å². The summed E-state index contributed by atoms with van der Waals surface area (Å²) in [6, 6.07) is 0. The van der Waals surface area contributed by atoms with Gasteiger partial charge in [0.1, 0.15) is 24.2 Å². The van der Waals surface area contributed by atoms with E-state index in [1.165, 1.54) is 6.33 Å². The molecule has 0 saturated carbocycles. The SMILES string of the molecule is Nc1ncnc2ncn([C@H]3C[C@H](O)[C@@H](CO)O3)c12. The van der Waals surface area contributed by atoms with Crippen molar-refractivity contribution in [2.24, 2.45) is 0 Å². The van der Waals surface area contributed by atoms with Crippen molar-refractivity contribution >= 4 is 17.0 Å². The topological polar surface area (TPSA) is 119 Å². The largest absolute Gasteiger partial charge is 0.394 e. The zero-order valence-corrected chi connectivity index (χ0v) is 9.47. The first-order valence-electron chi connectivity index (χ1n) is 5.58. The van der Waals surface area contributed by atoms with Crippen LogP contribution in [0.1, 0.15) is 12.6 Å². The Morgan fingerprint density at radius 2 is 2.28 bits per heavy atom. The number of anilines is 1. The first-order chi connectivity index (χ1) is 8.70. The molecular formula is C10H13N5O3. The van der Waals surface area contributed by atoms with Crippen LogP contribution < -0.4 is 5.73 Å². The lowest BCUT2D eigenvalue weighted by Crippen LogP contribution is -2.24. The second-order valence-corrected chi connectivity index (χ2v) is 4.20. The Kier molecular flexibility index (Phi) is 2.62. The fourth-order valence-corrected chi connectivity index (χ4v) is 2.17. The highest BCUT2D eigenvalue weighted by molar-refractivity contribution is 5.81. The van der Waals surface area contributed by atoms with Gasteiger partial charge in [0.15, 0.2) is 11.5 Å². The first kappa shape index (κ1) is 11.3. The number of nitrogens with two attached hydrogens (primary N) is 1. The van der Waals surface area contributed by atoms with Crippen LogP contribution in [0.4, 0.5) is 5.82 Å². The molecule has 3 atom stereocenters. The maximum atomic E-state index is 9.72. The highest BCUT2D eigenvalue weighted by Crippen LogP contribution is 2.31. The molecule has 3 rings (SSSR count). The molecule has 8 heteroatoms. The molecule has 0 radical (unpaired) electrons. The monoisotopic (exact) mass is 251 g/mol. The molecule has 4 N–H and O–H groups in total. The smallest absolute Gasteiger partial charge is 0.183 e. The minimum atomic E-state index is -0.705. The van der Waals surface area contributed by atoms with E-state index in [1.807, 2.05) is 0 Å². The van der Waals surface area contributed by atoms with Gasteiger partial charge in [-0.05, 0) is 0 Å². The summed E-state index contributed by atoms with van der Waals surface area (Å²) in [6.07, 6.45) is 1.55. The fourth-order valence-electron chi connectivity index (χ4n) is 2.17. The van der Waals surface area contributed by atoms with E-state index < -0.39 is 18.4 Å². The third-order valence-electron chi connectivity index (χ3n) is 3.09. The molecule has 3 heterocycles. The quantitative estimate of drug-likeness (QED) is 0.629. The van der Waals surface area contributed by atoms with Gasteiger partial charge in [0.05, 0.1) is 19.0 Å². The third kappa shape index (κ3) is 1.62. The van der Waals surface area contributed by atoms with Gasteiger partial charge in [-0.15, -0.1) is 0 Å². The Bertz CT molecular complexity index is 572. The molecule has 0 bridgehead atoms.